The standard InChI is InChI=1S/C22H21F3N6O3/c1-11-15(12(2)31-21(27-11)29-20(30-31)22(23,24)25)9-18(32)28-17(19(33)34-3)8-13-10-26-16-7-5-4-6-14(13)16/h4-7,10,17,26H,8-9H2,1-3H3,(H,28,32)/t17-/m1/s1. The highest BCUT2D eigenvalue weighted by Gasteiger charge is 2.37. The number of alkyl halides is 3. The molecule has 0 unspecified atom stereocenters. The molecule has 4 aromatic rings. The smallest absolute Gasteiger partial charge is 0.453 e. The first-order chi connectivity index (χ1) is 16.1. The number of methoxy groups -OCH3 is 1. The number of aryl methyl sites for hydroxylation is 2. The van der Waals surface area contributed by atoms with Crippen LogP contribution in [0.4, 0.5) is 13.2 Å². The SMILES string of the molecule is COC(=O)[C@@H](Cc1c[nH]c2ccccc12)NC(=O)Cc1c(C)nc2nc(C(F)(F)F)nn2c1C. The Morgan fingerprint density at radius 1 is 1.21 bits per heavy atom. The largest absolute Gasteiger partial charge is 0.467 e. The van der Waals surface area contributed by atoms with Crippen molar-refractivity contribution in [2.45, 2.75) is 38.9 Å². The summed E-state index contributed by atoms with van der Waals surface area (Å²) in [6.45, 7) is 3.10. The Morgan fingerprint density at radius 2 is 1.94 bits per heavy atom. The molecule has 34 heavy (non-hydrogen) atoms. The number of aromatic nitrogens is 5. The van der Waals surface area contributed by atoms with Crippen molar-refractivity contribution in [2.75, 3.05) is 7.11 Å². The Labute approximate surface area is 191 Å². The molecule has 0 bridgehead atoms. The molecule has 2 N–H and O–H groups in total. The van der Waals surface area contributed by atoms with Crippen LogP contribution < -0.4 is 5.32 Å². The molecule has 0 spiro atoms. The number of carbonyl (C=O) groups is 2. The van der Waals surface area contributed by atoms with Gasteiger partial charge in [0.05, 0.1) is 13.5 Å². The summed E-state index contributed by atoms with van der Waals surface area (Å²) < 4.78 is 44.8. The Bertz CT molecular complexity index is 1390. The fourth-order valence-electron chi connectivity index (χ4n) is 3.85. The molecule has 3 aromatic heterocycles. The molecule has 12 heteroatoms. The Balaban J connectivity index is 1.57. The van der Waals surface area contributed by atoms with Gasteiger partial charge in [0, 0.05) is 40.5 Å². The van der Waals surface area contributed by atoms with E-state index in [0.29, 0.717) is 17.0 Å². The summed E-state index contributed by atoms with van der Waals surface area (Å²) in [5.41, 5.74) is 2.74. The van der Waals surface area contributed by atoms with Crippen molar-refractivity contribution < 1.29 is 27.5 Å². The molecule has 3 heterocycles. The van der Waals surface area contributed by atoms with Gasteiger partial charge in [0.1, 0.15) is 6.04 Å². The van der Waals surface area contributed by atoms with Gasteiger partial charge in [-0.2, -0.15) is 18.2 Å². The van der Waals surface area contributed by atoms with E-state index in [-0.39, 0.29) is 18.6 Å². The fraction of sp³-hybridized carbons (Fsp3) is 0.318. The number of benzene rings is 1. The van der Waals surface area contributed by atoms with E-state index in [1.165, 1.54) is 14.0 Å². The van der Waals surface area contributed by atoms with Crippen LogP contribution in [0.3, 0.4) is 0 Å². The summed E-state index contributed by atoms with van der Waals surface area (Å²) >= 11 is 0. The van der Waals surface area contributed by atoms with E-state index in [1.54, 1.807) is 13.1 Å². The number of aromatic amines is 1. The molecule has 9 nitrogen and oxygen atoms in total. The van der Waals surface area contributed by atoms with E-state index in [0.717, 1.165) is 21.0 Å². The molecule has 4 rings (SSSR count). The zero-order valence-corrected chi connectivity index (χ0v) is 18.5. The normalized spacial score (nSPS) is 12.8. The van der Waals surface area contributed by atoms with Crippen molar-refractivity contribution in [3.63, 3.8) is 0 Å². The highest BCUT2D eigenvalue weighted by atomic mass is 19.4. The lowest BCUT2D eigenvalue weighted by molar-refractivity contribution is -0.145. The van der Waals surface area contributed by atoms with Gasteiger partial charge in [-0.25, -0.2) is 14.3 Å². The van der Waals surface area contributed by atoms with E-state index < -0.39 is 29.9 Å². The van der Waals surface area contributed by atoms with Gasteiger partial charge < -0.3 is 15.0 Å². The molecule has 1 amide bonds. The first-order valence-corrected chi connectivity index (χ1v) is 10.3. The van der Waals surface area contributed by atoms with E-state index >= 15 is 0 Å². The molecular formula is C22H21F3N6O3. The Hall–Kier alpha value is -3.96. The summed E-state index contributed by atoms with van der Waals surface area (Å²) in [5, 5.41) is 7.07. The summed E-state index contributed by atoms with van der Waals surface area (Å²) in [7, 11) is 1.23. The van der Waals surface area contributed by atoms with Crippen molar-refractivity contribution in [2.24, 2.45) is 0 Å². The number of rotatable bonds is 6. The van der Waals surface area contributed by atoms with Crippen LogP contribution in [-0.4, -0.2) is 49.6 Å². The third kappa shape index (κ3) is 4.43. The number of hydrogen-bond donors (Lipinski definition) is 2. The molecule has 0 radical (unpaired) electrons. The third-order valence-corrected chi connectivity index (χ3v) is 5.56. The van der Waals surface area contributed by atoms with E-state index in [2.05, 4.69) is 25.4 Å². The quantitative estimate of drug-likeness (QED) is 0.416. The predicted molar refractivity (Wildman–Crippen MR) is 115 cm³/mol. The maximum Gasteiger partial charge on any atom is 0.453 e. The predicted octanol–water partition coefficient (Wildman–Crippen LogP) is 2.68. The number of halogens is 3. The summed E-state index contributed by atoms with van der Waals surface area (Å²) in [4.78, 5) is 35.8. The van der Waals surface area contributed by atoms with Crippen LogP contribution in [0.5, 0.6) is 0 Å². The molecule has 0 aliphatic rings. The highest BCUT2D eigenvalue weighted by molar-refractivity contribution is 5.88. The van der Waals surface area contributed by atoms with Gasteiger partial charge in [0.2, 0.25) is 5.91 Å². The zero-order chi connectivity index (χ0) is 24.6. The van der Waals surface area contributed by atoms with Crippen LogP contribution in [0.25, 0.3) is 16.7 Å². The Morgan fingerprint density at radius 3 is 2.65 bits per heavy atom. The van der Waals surface area contributed by atoms with Crippen molar-refractivity contribution in [1.82, 2.24) is 29.9 Å². The molecule has 0 aliphatic heterocycles. The van der Waals surface area contributed by atoms with E-state index in [1.807, 2.05) is 24.3 Å². The lowest BCUT2D eigenvalue weighted by atomic mass is 10.0. The van der Waals surface area contributed by atoms with Gasteiger partial charge in [0.15, 0.2) is 0 Å². The number of amides is 1. The van der Waals surface area contributed by atoms with Gasteiger partial charge in [-0.05, 0) is 25.5 Å². The lowest BCUT2D eigenvalue weighted by Crippen LogP contribution is -2.43. The number of carbonyl (C=O) groups excluding carboxylic acids is 2. The average Bonchev–Trinajstić information content (AvgIpc) is 3.40. The minimum atomic E-state index is -4.72. The molecule has 1 aromatic carbocycles. The van der Waals surface area contributed by atoms with Gasteiger partial charge in [0.25, 0.3) is 11.6 Å². The lowest BCUT2D eigenvalue weighted by Gasteiger charge is -2.17. The number of H-pyrrole nitrogens is 1. The van der Waals surface area contributed by atoms with Crippen LogP contribution in [-0.2, 0) is 33.3 Å². The fourth-order valence-corrected chi connectivity index (χ4v) is 3.85. The summed E-state index contributed by atoms with van der Waals surface area (Å²) in [5.74, 6) is -2.66. The number of nitrogens with one attached hydrogen (secondary N) is 2. The highest BCUT2D eigenvalue weighted by Crippen LogP contribution is 2.27. The van der Waals surface area contributed by atoms with Crippen molar-refractivity contribution in [3.8, 4) is 0 Å². The minimum absolute atomic E-state index is 0.190. The monoisotopic (exact) mass is 474 g/mol. The van der Waals surface area contributed by atoms with Crippen LogP contribution >= 0.6 is 0 Å². The van der Waals surface area contributed by atoms with Crippen molar-refractivity contribution in [1.29, 1.82) is 0 Å². The summed E-state index contributed by atoms with van der Waals surface area (Å²) in [6.07, 6.45) is -2.98. The number of ether oxygens (including phenoxy) is 1. The first-order valence-electron chi connectivity index (χ1n) is 10.3. The topological polar surface area (TPSA) is 114 Å². The number of fused-ring (bicyclic) bond motifs is 2. The minimum Gasteiger partial charge on any atom is -0.467 e. The van der Waals surface area contributed by atoms with Crippen LogP contribution in [0.2, 0.25) is 0 Å². The summed E-state index contributed by atoms with van der Waals surface area (Å²) in [6, 6.07) is 6.59. The molecule has 0 saturated carbocycles. The molecule has 1 atom stereocenters. The molecular weight excluding hydrogens is 453 g/mol. The van der Waals surface area contributed by atoms with Crippen molar-refractivity contribution in [3.05, 3.63) is 58.8 Å². The van der Waals surface area contributed by atoms with Crippen LogP contribution in [0.1, 0.15) is 28.3 Å². The van der Waals surface area contributed by atoms with Gasteiger partial charge in [-0.15, -0.1) is 5.10 Å². The molecule has 0 fully saturated rings. The number of hydrogen-bond acceptors (Lipinski definition) is 6. The van der Waals surface area contributed by atoms with Gasteiger partial charge in [-0.1, -0.05) is 18.2 Å². The second-order valence-corrected chi connectivity index (χ2v) is 7.79. The number of esters is 1. The van der Waals surface area contributed by atoms with E-state index in [9.17, 15) is 22.8 Å². The van der Waals surface area contributed by atoms with Gasteiger partial charge in [-0.3, -0.25) is 4.79 Å². The average molecular weight is 474 g/mol. The number of nitrogens with zero attached hydrogens (tertiary/aromatic N) is 4. The maximum absolute atomic E-state index is 13.0. The molecule has 0 aliphatic carbocycles. The number of para-hydroxylation sites is 1. The molecule has 178 valence electrons. The van der Waals surface area contributed by atoms with Gasteiger partial charge >= 0.3 is 12.1 Å². The van der Waals surface area contributed by atoms with Crippen molar-refractivity contribution >= 4 is 28.6 Å². The first kappa shape index (κ1) is 23.2. The van der Waals surface area contributed by atoms with E-state index in [4.69, 9.17) is 4.74 Å². The third-order valence-electron chi connectivity index (χ3n) is 5.56. The Kier molecular flexibility index (Phi) is 5.98. The van der Waals surface area contributed by atoms with Crippen LogP contribution in [0.15, 0.2) is 30.5 Å². The second-order valence-electron chi connectivity index (χ2n) is 7.79. The second kappa shape index (κ2) is 8.76. The van der Waals surface area contributed by atoms with Crippen LogP contribution in [0, 0.1) is 13.8 Å². The molecule has 0 saturated heterocycles. The maximum atomic E-state index is 13.0. The zero-order valence-electron chi connectivity index (χ0n) is 18.5.